The topological polar surface area (TPSA) is 17.1 Å². The standard InChI is InChI=1S/C11H12Br2O/c1-11(8-13,10(14)7-12)9-5-3-2-4-6-9/h2-6H,7-8H2,1H3. The van der Waals surface area contributed by atoms with Gasteiger partial charge >= 0.3 is 0 Å². The van der Waals surface area contributed by atoms with Gasteiger partial charge in [0.1, 0.15) is 0 Å². The highest BCUT2D eigenvalue weighted by Gasteiger charge is 2.32. The van der Waals surface area contributed by atoms with Crippen LogP contribution in [-0.2, 0) is 10.2 Å². The first-order chi connectivity index (χ1) is 6.65. The van der Waals surface area contributed by atoms with Crippen molar-refractivity contribution in [1.82, 2.24) is 0 Å². The number of carbonyl (C=O) groups is 1. The Bertz CT molecular complexity index is 310. The number of ketones is 1. The molecule has 1 aromatic rings. The SMILES string of the molecule is CC(CBr)(C(=O)CBr)c1ccccc1. The van der Waals surface area contributed by atoms with E-state index >= 15 is 0 Å². The Morgan fingerprint density at radius 3 is 2.29 bits per heavy atom. The van der Waals surface area contributed by atoms with E-state index in [1.54, 1.807) is 0 Å². The number of carbonyl (C=O) groups excluding carboxylic acids is 1. The zero-order chi connectivity index (χ0) is 10.6. The molecular formula is C11H12Br2O. The largest absolute Gasteiger partial charge is 0.298 e. The number of Topliss-reactive ketones (excluding diaryl/α,β-unsaturated/α-hetero) is 1. The van der Waals surface area contributed by atoms with Gasteiger partial charge in [-0.2, -0.15) is 0 Å². The van der Waals surface area contributed by atoms with Crippen molar-refractivity contribution in [3.8, 4) is 0 Å². The average Bonchev–Trinajstić information content (AvgIpc) is 2.28. The molecule has 0 amide bonds. The lowest BCUT2D eigenvalue weighted by Crippen LogP contribution is -2.35. The number of hydrogen-bond donors (Lipinski definition) is 0. The van der Waals surface area contributed by atoms with Crippen LogP contribution in [0.4, 0.5) is 0 Å². The molecule has 0 spiro atoms. The lowest BCUT2D eigenvalue weighted by atomic mass is 9.81. The second-order valence-corrected chi connectivity index (χ2v) is 4.51. The van der Waals surface area contributed by atoms with E-state index in [0.29, 0.717) is 10.7 Å². The van der Waals surface area contributed by atoms with Gasteiger partial charge in [0, 0.05) is 5.33 Å². The fourth-order valence-electron chi connectivity index (χ4n) is 1.27. The number of hydrogen-bond acceptors (Lipinski definition) is 1. The normalized spacial score (nSPS) is 14.8. The Kier molecular flexibility index (Phi) is 4.32. The quantitative estimate of drug-likeness (QED) is 0.778. The molecule has 1 rings (SSSR count). The van der Waals surface area contributed by atoms with Gasteiger partial charge in [0.25, 0.3) is 0 Å². The molecule has 0 heterocycles. The van der Waals surface area contributed by atoms with Crippen LogP contribution in [0.5, 0.6) is 0 Å². The molecule has 0 aromatic heterocycles. The highest BCUT2D eigenvalue weighted by molar-refractivity contribution is 9.09. The zero-order valence-corrected chi connectivity index (χ0v) is 11.1. The predicted octanol–water partition coefficient (Wildman–Crippen LogP) is 3.30. The smallest absolute Gasteiger partial charge is 0.154 e. The zero-order valence-electron chi connectivity index (χ0n) is 7.97. The first kappa shape index (κ1) is 11.9. The Balaban J connectivity index is 3.08. The minimum atomic E-state index is -0.426. The molecule has 1 atom stereocenters. The summed E-state index contributed by atoms with van der Waals surface area (Å²) in [6, 6.07) is 9.84. The molecule has 1 nitrogen and oxygen atoms in total. The minimum absolute atomic E-state index is 0.195. The molecule has 0 fully saturated rings. The van der Waals surface area contributed by atoms with Gasteiger partial charge in [0.2, 0.25) is 0 Å². The van der Waals surface area contributed by atoms with Gasteiger partial charge in [-0.15, -0.1) is 0 Å². The Labute approximate surface area is 101 Å². The summed E-state index contributed by atoms with van der Waals surface area (Å²) in [5, 5.41) is 1.04. The molecule has 0 saturated heterocycles. The summed E-state index contributed by atoms with van der Waals surface area (Å²) >= 11 is 6.63. The van der Waals surface area contributed by atoms with Gasteiger partial charge in [-0.05, 0) is 12.5 Å². The second-order valence-electron chi connectivity index (χ2n) is 3.39. The second kappa shape index (κ2) is 5.08. The Morgan fingerprint density at radius 1 is 1.29 bits per heavy atom. The van der Waals surface area contributed by atoms with E-state index in [-0.39, 0.29) is 5.78 Å². The van der Waals surface area contributed by atoms with Crippen LogP contribution in [0.25, 0.3) is 0 Å². The van der Waals surface area contributed by atoms with E-state index in [0.717, 1.165) is 5.56 Å². The van der Waals surface area contributed by atoms with E-state index in [4.69, 9.17) is 0 Å². The minimum Gasteiger partial charge on any atom is -0.298 e. The maximum Gasteiger partial charge on any atom is 0.154 e. The first-order valence-electron chi connectivity index (χ1n) is 4.36. The fraction of sp³-hybridized carbons (Fsp3) is 0.364. The number of benzene rings is 1. The van der Waals surface area contributed by atoms with Crippen LogP contribution in [0.15, 0.2) is 30.3 Å². The monoisotopic (exact) mass is 318 g/mol. The van der Waals surface area contributed by atoms with E-state index in [9.17, 15) is 4.79 Å². The van der Waals surface area contributed by atoms with Crippen LogP contribution in [0.1, 0.15) is 12.5 Å². The van der Waals surface area contributed by atoms with E-state index < -0.39 is 5.41 Å². The summed E-state index contributed by atoms with van der Waals surface area (Å²) in [4.78, 5) is 11.8. The molecule has 0 aliphatic heterocycles. The fourth-order valence-corrected chi connectivity index (χ4v) is 2.52. The van der Waals surface area contributed by atoms with Crippen molar-refractivity contribution in [3.63, 3.8) is 0 Å². The molecule has 0 N–H and O–H groups in total. The molecule has 14 heavy (non-hydrogen) atoms. The lowest BCUT2D eigenvalue weighted by molar-refractivity contribution is -0.120. The molecule has 1 aromatic carbocycles. The highest BCUT2D eigenvalue weighted by atomic mass is 79.9. The van der Waals surface area contributed by atoms with Crippen LogP contribution < -0.4 is 0 Å². The van der Waals surface area contributed by atoms with Gasteiger partial charge in [0.15, 0.2) is 5.78 Å². The summed E-state index contributed by atoms with van der Waals surface area (Å²) in [6.07, 6.45) is 0. The van der Waals surface area contributed by atoms with Gasteiger partial charge in [-0.25, -0.2) is 0 Å². The first-order valence-corrected chi connectivity index (χ1v) is 6.60. The average molecular weight is 320 g/mol. The molecule has 0 radical (unpaired) electrons. The van der Waals surface area contributed by atoms with Crippen LogP contribution in [0, 0.1) is 0 Å². The number of halogens is 2. The Morgan fingerprint density at radius 2 is 1.86 bits per heavy atom. The van der Waals surface area contributed by atoms with Gasteiger partial charge in [-0.1, -0.05) is 62.2 Å². The van der Waals surface area contributed by atoms with Crippen LogP contribution in [0.3, 0.4) is 0 Å². The molecule has 0 saturated carbocycles. The highest BCUT2D eigenvalue weighted by Crippen LogP contribution is 2.27. The van der Waals surface area contributed by atoms with Gasteiger partial charge in [-0.3, -0.25) is 4.79 Å². The maximum absolute atomic E-state index is 11.8. The van der Waals surface area contributed by atoms with Crippen LogP contribution in [0.2, 0.25) is 0 Å². The summed E-state index contributed by atoms with van der Waals surface area (Å²) in [5.74, 6) is 0.195. The summed E-state index contributed by atoms with van der Waals surface area (Å²) in [6.45, 7) is 1.96. The summed E-state index contributed by atoms with van der Waals surface area (Å²) < 4.78 is 0. The molecule has 76 valence electrons. The maximum atomic E-state index is 11.8. The van der Waals surface area contributed by atoms with E-state index in [1.807, 2.05) is 37.3 Å². The van der Waals surface area contributed by atoms with Crippen LogP contribution >= 0.6 is 31.9 Å². The summed E-state index contributed by atoms with van der Waals surface area (Å²) in [7, 11) is 0. The van der Waals surface area contributed by atoms with Crippen molar-refractivity contribution in [2.24, 2.45) is 0 Å². The number of alkyl halides is 2. The number of rotatable bonds is 4. The van der Waals surface area contributed by atoms with Gasteiger partial charge < -0.3 is 0 Å². The van der Waals surface area contributed by atoms with Crippen LogP contribution in [-0.4, -0.2) is 16.4 Å². The Hall–Kier alpha value is -0.150. The van der Waals surface area contributed by atoms with Crippen molar-refractivity contribution >= 4 is 37.6 Å². The van der Waals surface area contributed by atoms with Gasteiger partial charge in [0.05, 0.1) is 10.7 Å². The lowest BCUT2D eigenvalue weighted by Gasteiger charge is -2.25. The summed E-state index contributed by atoms with van der Waals surface area (Å²) in [5.41, 5.74) is 0.631. The predicted molar refractivity (Wildman–Crippen MR) is 66.4 cm³/mol. The third kappa shape index (κ3) is 2.26. The van der Waals surface area contributed by atoms with Crippen molar-refractivity contribution in [1.29, 1.82) is 0 Å². The van der Waals surface area contributed by atoms with E-state index in [2.05, 4.69) is 31.9 Å². The van der Waals surface area contributed by atoms with Crippen molar-refractivity contribution in [2.75, 3.05) is 10.7 Å². The molecule has 0 aliphatic carbocycles. The molecule has 3 heteroatoms. The van der Waals surface area contributed by atoms with Crippen molar-refractivity contribution < 1.29 is 4.79 Å². The molecule has 0 aliphatic rings. The molecule has 0 bridgehead atoms. The van der Waals surface area contributed by atoms with Crippen molar-refractivity contribution in [2.45, 2.75) is 12.3 Å². The third-order valence-corrected chi connectivity index (χ3v) is 4.05. The van der Waals surface area contributed by atoms with Crippen molar-refractivity contribution in [3.05, 3.63) is 35.9 Å². The van der Waals surface area contributed by atoms with E-state index in [1.165, 1.54) is 0 Å². The molecular weight excluding hydrogens is 308 g/mol. The molecule has 1 unspecified atom stereocenters. The third-order valence-electron chi connectivity index (χ3n) is 2.41.